The second-order valence-electron chi connectivity index (χ2n) is 4.43. The van der Waals surface area contributed by atoms with Crippen molar-refractivity contribution in [1.29, 1.82) is 0 Å². The van der Waals surface area contributed by atoms with E-state index in [9.17, 15) is 4.79 Å². The van der Waals surface area contributed by atoms with Gasteiger partial charge in [0.05, 0.1) is 0 Å². The quantitative estimate of drug-likeness (QED) is 0.268. The Morgan fingerprint density at radius 1 is 1.21 bits per heavy atom. The molecule has 0 amide bonds. The molecule has 0 N–H and O–H groups in total. The number of carbonyl (C=O) groups excluding carboxylic acids is 1. The molecule has 0 aliphatic carbocycles. The maximum atomic E-state index is 11.3. The average Bonchev–Trinajstić information content (AvgIpc) is 2.28. The van der Waals surface area contributed by atoms with E-state index in [4.69, 9.17) is 18.0 Å². The van der Waals surface area contributed by atoms with Crippen LogP contribution in [0.25, 0.3) is 0 Å². The van der Waals surface area contributed by atoms with Crippen LogP contribution in [0, 0.1) is 0 Å². The van der Waals surface area contributed by atoms with Crippen molar-refractivity contribution >= 4 is 14.8 Å². The minimum atomic E-state index is -2.82. The molecule has 5 nitrogen and oxygen atoms in total. The molecule has 0 bridgehead atoms. The normalized spacial score (nSPS) is 12.3. The van der Waals surface area contributed by atoms with Crippen LogP contribution in [-0.4, -0.2) is 33.8 Å². The van der Waals surface area contributed by atoms with Gasteiger partial charge in [0.25, 0.3) is 0 Å². The summed E-state index contributed by atoms with van der Waals surface area (Å²) in [4.78, 5) is 11.3. The standard InChI is InChI=1S/C13H26O5Si/c1-7-11-19(15-9-3,16-10-4)18-13(5,6)17-12(14)8-2/h8H,2,7,9-11H2,1,3-6H3. The van der Waals surface area contributed by atoms with Crippen LogP contribution in [-0.2, 0) is 22.8 Å². The Morgan fingerprint density at radius 2 is 1.74 bits per heavy atom. The first kappa shape index (κ1) is 18.3. The SMILES string of the molecule is C=CC(=O)OC(C)(C)O[Si](CCC)(OCC)OCC. The molecule has 0 aliphatic rings. The first-order chi connectivity index (χ1) is 8.84. The molecule has 0 heterocycles. The summed E-state index contributed by atoms with van der Waals surface area (Å²) in [5, 5.41) is 0. The highest BCUT2D eigenvalue weighted by molar-refractivity contribution is 6.60. The Kier molecular flexibility index (Phi) is 8.16. The van der Waals surface area contributed by atoms with Crippen LogP contribution in [0.3, 0.4) is 0 Å². The van der Waals surface area contributed by atoms with Crippen LogP contribution >= 0.6 is 0 Å². The fourth-order valence-electron chi connectivity index (χ4n) is 1.72. The first-order valence-corrected chi connectivity index (χ1v) is 8.61. The highest BCUT2D eigenvalue weighted by Crippen LogP contribution is 2.25. The lowest BCUT2D eigenvalue weighted by atomic mass is 10.4. The minimum absolute atomic E-state index is 0.498. The van der Waals surface area contributed by atoms with Gasteiger partial charge in [0.2, 0.25) is 5.79 Å². The minimum Gasteiger partial charge on any atom is -0.431 e. The van der Waals surface area contributed by atoms with E-state index in [0.717, 1.165) is 12.5 Å². The molecule has 0 aromatic carbocycles. The number of esters is 1. The smallest absolute Gasteiger partial charge is 0.431 e. The zero-order valence-corrected chi connectivity index (χ0v) is 13.7. The molecule has 0 radical (unpaired) electrons. The van der Waals surface area contributed by atoms with E-state index in [1.54, 1.807) is 13.8 Å². The predicted molar refractivity (Wildman–Crippen MR) is 75.6 cm³/mol. The van der Waals surface area contributed by atoms with E-state index >= 15 is 0 Å². The second-order valence-corrected chi connectivity index (χ2v) is 7.07. The van der Waals surface area contributed by atoms with Gasteiger partial charge in [0, 0.05) is 39.2 Å². The van der Waals surface area contributed by atoms with Gasteiger partial charge in [-0.2, -0.15) is 0 Å². The van der Waals surface area contributed by atoms with Crippen molar-refractivity contribution in [3.05, 3.63) is 12.7 Å². The fraction of sp³-hybridized carbons (Fsp3) is 0.769. The van der Waals surface area contributed by atoms with E-state index in [1.165, 1.54) is 0 Å². The summed E-state index contributed by atoms with van der Waals surface area (Å²) in [6, 6.07) is 0.684. The summed E-state index contributed by atoms with van der Waals surface area (Å²) in [5.74, 6) is -1.63. The van der Waals surface area contributed by atoms with Gasteiger partial charge in [-0.3, -0.25) is 0 Å². The van der Waals surface area contributed by atoms with Crippen LogP contribution in [0.15, 0.2) is 12.7 Å². The first-order valence-electron chi connectivity index (χ1n) is 6.68. The number of hydrogen-bond acceptors (Lipinski definition) is 5. The molecular weight excluding hydrogens is 264 g/mol. The summed E-state index contributed by atoms with van der Waals surface area (Å²) in [6.07, 6.45) is 1.98. The fourth-order valence-corrected chi connectivity index (χ4v) is 4.60. The van der Waals surface area contributed by atoms with Gasteiger partial charge in [-0.1, -0.05) is 19.9 Å². The van der Waals surface area contributed by atoms with Crippen LogP contribution in [0.4, 0.5) is 0 Å². The molecular formula is C13H26O5Si. The predicted octanol–water partition coefficient (Wildman–Crippen LogP) is 2.89. The summed E-state index contributed by atoms with van der Waals surface area (Å²) < 4.78 is 22.6. The van der Waals surface area contributed by atoms with Crippen molar-refractivity contribution in [2.24, 2.45) is 0 Å². The van der Waals surface area contributed by atoms with E-state index in [-0.39, 0.29) is 0 Å². The summed E-state index contributed by atoms with van der Waals surface area (Å²) in [5.41, 5.74) is 0. The van der Waals surface area contributed by atoms with E-state index in [0.29, 0.717) is 19.3 Å². The molecule has 0 aromatic heterocycles. The van der Waals surface area contributed by atoms with Crippen molar-refractivity contribution in [2.75, 3.05) is 13.2 Å². The lowest BCUT2D eigenvalue weighted by molar-refractivity contribution is -0.194. The maximum absolute atomic E-state index is 11.3. The molecule has 0 aromatic rings. The molecule has 0 saturated carbocycles. The van der Waals surface area contributed by atoms with Crippen molar-refractivity contribution in [1.82, 2.24) is 0 Å². The van der Waals surface area contributed by atoms with Gasteiger partial charge >= 0.3 is 14.8 Å². The average molecular weight is 290 g/mol. The second kappa shape index (κ2) is 8.47. The molecule has 6 heteroatoms. The molecule has 0 spiro atoms. The molecule has 112 valence electrons. The van der Waals surface area contributed by atoms with Crippen LogP contribution in [0.5, 0.6) is 0 Å². The molecule has 0 rings (SSSR count). The third-order valence-electron chi connectivity index (χ3n) is 2.20. The summed E-state index contributed by atoms with van der Waals surface area (Å²) in [6.45, 7) is 13.5. The van der Waals surface area contributed by atoms with E-state index < -0.39 is 20.6 Å². The van der Waals surface area contributed by atoms with Gasteiger partial charge in [-0.05, 0) is 13.8 Å². The molecule has 0 saturated heterocycles. The van der Waals surface area contributed by atoms with E-state index in [1.807, 2.05) is 20.8 Å². The van der Waals surface area contributed by atoms with Gasteiger partial charge in [-0.25, -0.2) is 4.79 Å². The van der Waals surface area contributed by atoms with Crippen molar-refractivity contribution in [2.45, 2.75) is 52.9 Å². The lowest BCUT2D eigenvalue weighted by Gasteiger charge is -2.36. The zero-order valence-electron chi connectivity index (χ0n) is 12.7. The highest BCUT2D eigenvalue weighted by Gasteiger charge is 2.45. The molecule has 19 heavy (non-hydrogen) atoms. The number of hydrogen-bond donors (Lipinski definition) is 0. The Morgan fingerprint density at radius 3 is 2.11 bits per heavy atom. The third-order valence-corrected chi connectivity index (χ3v) is 5.57. The van der Waals surface area contributed by atoms with Crippen LogP contribution in [0.2, 0.25) is 6.04 Å². The zero-order chi connectivity index (χ0) is 14.9. The third kappa shape index (κ3) is 6.86. The largest absolute Gasteiger partial charge is 0.503 e. The molecule has 0 aliphatic heterocycles. The topological polar surface area (TPSA) is 54.0 Å². The van der Waals surface area contributed by atoms with Crippen molar-refractivity contribution < 1.29 is 22.8 Å². The van der Waals surface area contributed by atoms with Gasteiger partial charge < -0.3 is 18.0 Å². The Bertz CT molecular complexity index is 274. The Balaban J connectivity index is 4.94. The van der Waals surface area contributed by atoms with Crippen LogP contribution < -0.4 is 0 Å². The maximum Gasteiger partial charge on any atom is 0.503 e. The molecule has 0 atom stereocenters. The van der Waals surface area contributed by atoms with Crippen molar-refractivity contribution in [3.63, 3.8) is 0 Å². The monoisotopic (exact) mass is 290 g/mol. The van der Waals surface area contributed by atoms with E-state index in [2.05, 4.69) is 6.58 Å². The lowest BCUT2D eigenvalue weighted by Crippen LogP contribution is -2.52. The number of ether oxygens (including phenoxy) is 1. The number of rotatable bonds is 10. The van der Waals surface area contributed by atoms with Crippen LogP contribution in [0.1, 0.15) is 41.0 Å². The number of carbonyl (C=O) groups is 1. The van der Waals surface area contributed by atoms with Crippen molar-refractivity contribution in [3.8, 4) is 0 Å². The Labute approximate surface area is 117 Å². The summed E-state index contributed by atoms with van der Waals surface area (Å²) >= 11 is 0. The Hall–Kier alpha value is -0.693. The molecule has 0 unspecified atom stereocenters. The molecule has 0 fully saturated rings. The van der Waals surface area contributed by atoms with Gasteiger partial charge in [0.1, 0.15) is 0 Å². The van der Waals surface area contributed by atoms with Gasteiger partial charge in [0.15, 0.2) is 0 Å². The summed E-state index contributed by atoms with van der Waals surface area (Å²) in [7, 11) is -2.82. The highest BCUT2D eigenvalue weighted by atomic mass is 28.4. The van der Waals surface area contributed by atoms with Gasteiger partial charge in [-0.15, -0.1) is 0 Å².